The van der Waals surface area contributed by atoms with Crippen LogP contribution in [0.1, 0.15) is 17.7 Å². The summed E-state index contributed by atoms with van der Waals surface area (Å²) >= 11 is 0. The summed E-state index contributed by atoms with van der Waals surface area (Å²) in [4.78, 5) is 25.4. The summed E-state index contributed by atoms with van der Waals surface area (Å²) in [5.41, 5.74) is 2.30. The summed E-state index contributed by atoms with van der Waals surface area (Å²) in [7, 11) is 1.52. The third kappa shape index (κ3) is 2.86. The number of aryl methyl sites for hydroxylation is 1. The topological polar surface area (TPSA) is 93.4 Å². The van der Waals surface area contributed by atoms with Gasteiger partial charge in [-0.3, -0.25) is 19.6 Å². The Morgan fingerprint density at radius 1 is 1.04 bits per heavy atom. The van der Waals surface area contributed by atoms with Crippen molar-refractivity contribution >= 4 is 33.9 Å². The predicted octanol–water partition coefficient (Wildman–Crippen LogP) is 1.99. The lowest BCUT2D eigenvalue weighted by Crippen LogP contribution is -2.23. The van der Waals surface area contributed by atoms with Gasteiger partial charge in [-0.25, -0.2) is 0 Å². The Labute approximate surface area is 161 Å². The Bertz CT molecular complexity index is 1110. The fourth-order valence-electron chi connectivity index (χ4n) is 3.49. The number of imide groups is 1. The lowest BCUT2D eigenvalue weighted by molar-refractivity contribution is -0.122. The van der Waals surface area contributed by atoms with Crippen LogP contribution >= 0.6 is 0 Å². The average Bonchev–Trinajstić information content (AvgIpc) is 3.22. The van der Waals surface area contributed by atoms with Gasteiger partial charge in [0.05, 0.1) is 23.8 Å². The molecule has 0 fully saturated rings. The molecule has 2 heterocycles. The van der Waals surface area contributed by atoms with Crippen LogP contribution in [-0.4, -0.2) is 40.4 Å². The van der Waals surface area contributed by atoms with Gasteiger partial charge in [-0.1, -0.05) is 36.4 Å². The van der Waals surface area contributed by atoms with Crippen molar-refractivity contribution in [1.82, 2.24) is 15.1 Å². The van der Waals surface area contributed by atoms with E-state index in [-0.39, 0.29) is 17.8 Å². The van der Waals surface area contributed by atoms with E-state index >= 15 is 0 Å². The number of para-hydroxylation sites is 2. The Morgan fingerprint density at radius 3 is 2.54 bits per heavy atom. The summed E-state index contributed by atoms with van der Waals surface area (Å²) < 4.78 is 7.15. The number of carbonyl (C=O) groups excluding carboxylic acids is 2. The van der Waals surface area contributed by atoms with Crippen LogP contribution in [0.15, 0.2) is 48.5 Å². The van der Waals surface area contributed by atoms with Crippen LogP contribution in [-0.2, 0) is 16.1 Å². The second-order valence-corrected chi connectivity index (χ2v) is 6.40. The summed E-state index contributed by atoms with van der Waals surface area (Å²) in [6.45, 7) is 0.543. The van der Waals surface area contributed by atoms with Gasteiger partial charge < -0.3 is 9.84 Å². The van der Waals surface area contributed by atoms with E-state index in [1.54, 1.807) is 28.9 Å². The summed E-state index contributed by atoms with van der Waals surface area (Å²) in [6, 6.07) is 14.6. The van der Waals surface area contributed by atoms with Gasteiger partial charge in [-0.2, -0.15) is 5.10 Å². The van der Waals surface area contributed by atoms with E-state index in [9.17, 15) is 14.7 Å². The molecule has 2 N–H and O–H groups in total. The Balaban J connectivity index is 1.99. The number of aromatic nitrogens is 2. The molecule has 0 spiro atoms. The molecule has 142 valence electrons. The van der Waals surface area contributed by atoms with Crippen LogP contribution in [0.3, 0.4) is 0 Å². The van der Waals surface area contributed by atoms with E-state index in [0.29, 0.717) is 30.0 Å². The minimum Gasteiger partial charge on any atom is -0.496 e. The Hall–Kier alpha value is -3.45. The molecule has 28 heavy (non-hydrogen) atoms. The largest absolute Gasteiger partial charge is 0.496 e. The number of nitrogens with one attached hydrogen (secondary N) is 1. The first-order chi connectivity index (χ1) is 13.7. The van der Waals surface area contributed by atoms with Crippen molar-refractivity contribution in [2.24, 2.45) is 0 Å². The Kier molecular flexibility index (Phi) is 4.67. The Morgan fingerprint density at radius 2 is 1.75 bits per heavy atom. The van der Waals surface area contributed by atoms with Crippen LogP contribution < -0.4 is 10.1 Å². The molecule has 0 saturated carbocycles. The summed E-state index contributed by atoms with van der Waals surface area (Å²) in [5, 5.41) is 16.9. The normalized spacial score (nSPS) is 14.1. The SMILES string of the molecule is COc1ccccc1C1=C(c2nn(CCCO)c3ccccc23)C(=O)NC1=O. The zero-order chi connectivity index (χ0) is 19.7. The first-order valence-corrected chi connectivity index (χ1v) is 8.95. The molecule has 2 amide bonds. The molecule has 7 nitrogen and oxygen atoms in total. The summed E-state index contributed by atoms with van der Waals surface area (Å²) in [5.74, 6) is -0.453. The maximum atomic E-state index is 12.7. The highest BCUT2D eigenvalue weighted by Gasteiger charge is 2.36. The molecule has 4 rings (SSSR count). The molecule has 0 aliphatic carbocycles. The molecule has 2 aromatic carbocycles. The van der Waals surface area contributed by atoms with Crippen LogP contribution in [0.4, 0.5) is 0 Å². The quantitative estimate of drug-likeness (QED) is 0.641. The molecule has 1 aliphatic heterocycles. The lowest BCUT2D eigenvalue weighted by atomic mass is 9.97. The highest BCUT2D eigenvalue weighted by Crippen LogP contribution is 2.37. The second kappa shape index (κ2) is 7.28. The lowest BCUT2D eigenvalue weighted by Gasteiger charge is -2.08. The number of aliphatic hydroxyl groups is 1. The maximum Gasteiger partial charge on any atom is 0.261 e. The fourth-order valence-corrected chi connectivity index (χ4v) is 3.49. The first-order valence-electron chi connectivity index (χ1n) is 8.95. The average molecular weight is 377 g/mol. The minimum atomic E-state index is -0.483. The number of rotatable bonds is 6. The van der Waals surface area contributed by atoms with E-state index in [1.165, 1.54) is 7.11 Å². The number of fused-ring (bicyclic) bond motifs is 1. The molecular weight excluding hydrogens is 358 g/mol. The van der Waals surface area contributed by atoms with Crippen molar-refractivity contribution in [1.29, 1.82) is 0 Å². The predicted molar refractivity (Wildman–Crippen MR) is 104 cm³/mol. The molecule has 7 heteroatoms. The smallest absolute Gasteiger partial charge is 0.261 e. The molecule has 0 radical (unpaired) electrons. The van der Waals surface area contributed by atoms with Crippen molar-refractivity contribution in [2.45, 2.75) is 13.0 Å². The van der Waals surface area contributed by atoms with Crippen LogP contribution in [0, 0.1) is 0 Å². The standard InChI is InChI=1S/C21H19N3O4/c1-28-16-10-5-3-8-14(16)17-18(21(27)22-20(17)26)19-13-7-2-4-9-15(13)24(23-19)11-6-12-25/h2-5,7-10,25H,6,11-12H2,1H3,(H,22,26,27). The van der Waals surface area contributed by atoms with Crippen molar-refractivity contribution in [2.75, 3.05) is 13.7 Å². The van der Waals surface area contributed by atoms with Gasteiger partial charge in [0, 0.05) is 24.1 Å². The van der Waals surface area contributed by atoms with Crippen molar-refractivity contribution in [3.05, 3.63) is 59.8 Å². The molecule has 0 atom stereocenters. The highest BCUT2D eigenvalue weighted by atomic mass is 16.5. The van der Waals surface area contributed by atoms with Gasteiger partial charge in [0.1, 0.15) is 11.4 Å². The number of ether oxygens (including phenoxy) is 1. The molecule has 1 aliphatic rings. The number of nitrogens with zero attached hydrogens (tertiary/aromatic N) is 2. The van der Waals surface area contributed by atoms with Crippen LogP contribution in [0.25, 0.3) is 22.0 Å². The third-order valence-electron chi connectivity index (χ3n) is 4.73. The van der Waals surface area contributed by atoms with Crippen molar-refractivity contribution < 1.29 is 19.4 Å². The number of hydrogen-bond acceptors (Lipinski definition) is 5. The van der Waals surface area contributed by atoms with E-state index in [2.05, 4.69) is 10.4 Å². The molecule has 0 saturated heterocycles. The molecule has 0 bridgehead atoms. The second-order valence-electron chi connectivity index (χ2n) is 6.40. The maximum absolute atomic E-state index is 12.7. The molecular formula is C21H19N3O4. The number of hydrogen-bond donors (Lipinski definition) is 2. The number of amides is 2. The number of aliphatic hydroxyl groups excluding tert-OH is 1. The van der Waals surface area contributed by atoms with Crippen LogP contribution in [0.5, 0.6) is 5.75 Å². The molecule has 0 unspecified atom stereocenters. The third-order valence-corrected chi connectivity index (χ3v) is 4.73. The fraction of sp³-hybridized carbons (Fsp3) is 0.190. The summed E-state index contributed by atoms with van der Waals surface area (Å²) in [6.07, 6.45) is 0.536. The van der Waals surface area contributed by atoms with Gasteiger partial charge in [0.15, 0.2) is 0 Å². The molecule has 3 aromatic rings. The zero-order valence-electron chi connectivity index (χ0n) is 15.3. The van der Waals surface area contributed by atoms with Gasteiger partial charge in [0.2, 0.25) is 0 Å². The monoisotopic (exact) mass is 377 g/mol. The van der Waals surface area contributed by atoms with Gasteiger partial charge >= 0.3 is 0 Å². The number of benzene rings is 2. The van der Waals surface area contributed by atoms with Crippen molar-refractivity contribution in [3.63, 3.8) is 0 Å². The van der Waals surface area contributed by atoms with E-state index in [4.69, 9.17) is 4.74 Å². The van der Waals surface area contributed by atoms with E-state index < -0.39 is 11.8 Å². The molecule has 1 aromatic heterocycles. The number of carbonyl (C=O) groups is 2. The first kappa shape index (κ1) is 17.9. The van der Waals surface area contributed by atoms with Crippen LogP contribution in [0.2, 0.25) is 0 Å². The van der Waals surface area contributed by atoms with Gasteiger partial charge in [-0.15, -0.1) is 0 Å². The van der Waals surface area contributed by atoms with Gasteiger partial charge in [-0.05, 0) is 18.6 Å². The van der Waals surface area contributed by atoms with Crippen molar-refractivity contribution in [3.8, 4) is 5.75 Å². The van der Waals surface area contributed by atoms with E-state index in [0.717, 1.165) is 10.9 Å². The van der Waals surface area contributed by atoms with E-state index in [1.807, 2.05) is 24.3 Å². The number of methoxy groups -OCH3 is 1. The highest BCUT2D eigenvalue weighted by molar-refractivity contribution is 6.50. The zero-order valence-corrected chi connectivity index (χ0v) is 15.3. The van der Waals surface area contributed by atoms with Gasteiger partial charge in [0.25, 0.3) is 11.8 Å². The minimum absolute atomic E-state index is 0.0393.